The molecule has 2 heterocycles. The number of unbranched alkanes of at least 4 members (excludes halogenated alkanes) is 2. The first kappa shape index (κ1) is 12.4. The highest BCUT2D eigenvalue weighted by atomic mass is 16.2. The van der Waals surface area contributed by atoms with E-state index in [1.54, 1.807) is 9.80 Å². The molecule has 0 aromatic carbocycles. The lowest BCUT2D eigenvalue weighted by atomic mass is 9.98. The van der Waals surface area contributed by atoms with Crippen LogP contribution in [0.2, 0.25) is 0 Å². The highest BCUT2D eigenvalue weighted by Gasteiger charge is 2.39. The monoisotopic (exact) mass is 238 g/mol. The molecule has 2 fully saturated rings. The summed E-state index contributed by atoms with van der Waals surface area (Å²) >= 11 is 0. The molecule has 2 rings (SSSR count). The van der Waals surface area contributed by atoms with E-state index < -0.39 is 0 Å². The van der Waals surface area contributed by atoms with Crippen LogP contribution in [0.15, 0.2) is 0 Å². The highest BCUT2D eigenvalue weighted by molar-refractivity contribution is 5.95. The average molecular weight is 238 g/mol. The van der Waals surface area contributed by atoms with Gasteiger partial charge in [0.1, 0.15) is 6.04 Å². The lowest BCUT2D eigenvalue weighted by Crippen LogP contribution is -2.61. The Balaban J connectivity index is 1.96. The van der Waals surface area contributed by atoms with Crippen molar-refractivity contribution in [2.24, 2.45) is 0 Å². The Morgan fingerprint density at radius 2 is 2.06 bits per heavy atom. The molecule has 0 aromatic heterocycles. The maximum absolute atomic E-state index is 12.2. The molecular weight excluding hydrogens is 216 g/mol. The normalized spacial score (nSPS) is 25.1. The van der Waals surface area contributed by atoms with Gasteiger partial charge in [0.05, 0.1) is 6.54 Å². The Hall–Kier alpha value is -1.06. The van der Waals surface area contributed by atoms with Gasteiger partial charge in [-0.1, -0.05) is 19.8 Å². The number of hydrogen-bond acceptors (Lipinski definition) is 2. The Kier molecular flexibility index (Phi) is 4.02. The van der Waals surface area contributed by atoms with Crippen LogP contribution < -0.4 is 0 Å². The first-order chi connectivity index (χ1) is 8.24. The van der Waals surface area contributed by atoms with Gasteiger partial charge < -0.3 is 9.80 Å². The van der Waals surface area contributed by atoms with E-state index >= 15 is 0 Å². The van der Waals surface area contributed by atoms with E-state index in [0.29, 0.717) is 6.54 Å². The standard InChI is InChI=1S/C13H22N2O2/c1-2-3-5-8-14-10-12(16)15-9-6-4-7-11(15)13(14)17/h11H,2-10H2,1H3. The van der Waals surface area contributed by atoms with E-state index in [1.165, 1.54) is 0 Å². The molecule has 0 saturated carbocycles. The molecule has 4 nitrogen and oxygen atoms in total. The summed E-state index contributed by atoms with van der Waals surface area (Å²) in [4.78, 5) is 27.7. The van der Waals surface area contributed by atoms with Crippen molar-refractivity contribution < 1.29 is 9.59 Å². The quantitative estimate of drug-likeness (QED) is 0.695. The van der Waals surface area contributed by atoms with Gasteiger partial charge in [-0.3, -0.25) is 9.59 Å². The van der Waals surface area contributed by atoms with Crippen molar-refractivity contribution in [2.75, 3.05) is 19.6 Å². The van der Waals surface area contributed by atoms with Gasteiger partial charge in [-0.15, -0.1) is 0 Å². The molecule has 0 N–H and O–H groups in total. The Morgan fingerprint density at radius 1 is 1.24 bits per heavy atom. The molecule has 2 saturated heterocycles. The van der Waals surface area contributed by atoms with E-state index in [9.17, 15) is 9.59 Å². The number of rotatable bonds is 4. The van der Waals surface area contributed by atoms with Crippen LogP contribution in [0.4, 0.5) is 0 Å². The number of amides is 2. The van der Waals surface area contributed by atoms with Crippen molar-refractivity contribution in [1.82, 2.24) is 9.80 Å². The number of fused-ring (bicyclic) bond motifs is 1. The largest absolute Gasteiger partial charge is 0.332 e. The molecule has 0 spiro atoms. The molecule has 96 valence electrons. The topological polar surface area (TPSA) is 40.6 Å². The zero-order valence-electron chi connectivity index (χ0n) is 10.7. The van der Waals surface area contributed by atoms with Crippen molar-refractivity contribution in [3.05, 3.63) is 0 Å². The first-order valence-corrected chi connectivity index (χ1v) is 6.82. The molecule has 0 aliphatic carbocycles. The molecule has 1 atom stereocenters. The number of hydrogen-bond donors (Lipinski definition) is 0. The number of nitrogens with zero attached hydrogens (tertiary/aromatic N) is 2. The number of piperidine rings is 1. The van der Waals surface area contributed by atoms with E-state index in [-0.39, 0.29) is 17.9 Å². The smallest absolute Gasteiger partial charge is 0.245 e. The summed E-state index contributed by atoms with van der Waals surface area (Å²) in [6.45, 7) is 3.98. The molecule has 1 unspecified atom stereocenters. The van der Waals surface area contributed by atoms with Crippen molar-refractivity contribution in [2.45, 2.75) is 51.5 Å². The maximum Gasteiger partial charge on any atom is 0.245 e. The van der Waals surface area contributed by atoms with E-state index in [4.69, 9.17) is 0 Å². The summed E-state index contributed by atoms with van der Waals surface area (Å²) in [5.41, 5.74) is 0. The molecule has 0 bridgehead atoms. The van der Waals surface area contributed by atoms with Crippen LogP contribution in [0, 0.1) is 0 Å². The van der Waals surface area contributed by atoms with Crippen LogP contribution in [-0.2, 0) is 9.59 Å². The van der Waals surface area contributed by atoms with E-state index in [0.717, 1.165) is 51.6 Å². The Bertz CT molecular complexity index is 304. The van der Waals surface area contributed by atoms with Crippen LogP contribution in [0.5, 0.6) is 0 Å². The molecule has 2 aliphatic rings. The predicted octanol–water partition coefficient (Wildman–Crippen LogP) is 1.40. The SMILES string of the molecule is CCCCCN1CC(=O)N2CCCCC2C1=O. The van der Waals surface area contributed by atoms with Crippen LogP contribution in [0.25, 0.3) is 0 Å². The average Bonchev–Trinajstić information content (AvgIpc) is 2.36. The fourth-order valence-electron chi connectivity index (χ4n) is 2.77. The van der Waals surface area contributed by atoms with Crippen molar-refractivity contribution in [1.29, 1.82) is 0 Å². The molecular formula is C13H22N2O2. The minimum Gasteiger partial charge on any atom is -0.332 e. The van der Waals surface area contributed by atoms with Gasteiger partial charge >= 0.3 is 0 Å². The second-order valence-corrected chi connectivity index (χ2v) is 5.07. The second kappa shape index (κ2) is 5.52. The predicted molar refractivity (Wildman–Crippen MR) is 65.5 cm³/mol. The van der Waals surface area contributed by atoms with Gasteiger partial charge in [0.2, 0.25) is 11.8 Å². The maximum atomic E-state index is 12.2. The van der Waals surface area contributed by atoms with Crippen LogP contribution in [0.1, 0.15) is 45.4 Å². The zero-order chi connectivity index (χ0) is 12.3. The van der Waals surface area contributed by atoms with E-state index in [2.05, 4.69) is 6.92 Å². The van der Waals surface area contributed by atoms with Crippen LogP contribution in [-0.4, -0.2) is 47.3 Å². The number of piperazine rings is 1. The molecule has 4 heteroatoms. The first-order valence-electron chi connectivity index (χ1n) is 6.82. The summed E-state index contributed by atoms with van der Waals surface area (Å²) in [6.07, 6.45) is 6.27. The van der Waals surface area contributed by atoms with E-state index in [1.807, 2.05) is 0 Å². The second-order valence-electron chi connectivity index (χ2n) is 5.07. The molecule has 2 amide bonds. The highest BCUT2D eigenvalue weighted by Crippen LogP contribution is 2.23. The lowest BCUT2D eigenvalue weighted by molar-refractivity contribution is -0.157. The summed E-state index contributed by atoms with van der Waals surface area (Å²) in [5.74, 6) is 0.325. The third-order valence-corrected chi connectivity index (χ3v) is 3.78. The summed E-state index contributed by atoms with van der Waals surface area (Å²) in [6, 6.07) is -0.147. The van der Waals surface area contributed by atoms with Crippen LogP contribution >= 0.6 is 0 Å². The minimum absolute atomic E-state index is 0.144. The van der Waals surface area contributed by atoms with Gasteiger partial charge in [0.25, 0.3) is 0 Å². The fraction of sp³-hybridized carbons (Fsp3) is 0.846. The Labute approximate surface area is 103 Å². The van der Waals surface area contributed by atoms with Gasteiger partial charge in [-0.2, -0.15) is 0 Å². The molecule has 2 aliphatic heterocycles. The molecule has 0 radical (unpaired) electrons. The van der Waals surface area contributed by atoms with Gasteiger partial charge in [-0.25, -0.2) is 0 Å². The summed E-state index contributed by atoms with van der Waals surface area (Å²) < 4.78 is 0. The third-order valence-electron chi connectivity index (χ3n) is 3.78. The fourth-order valence-corrected chi connectivity index (χ4v) is 2.77. The lowest BCUT2D eigenvalue weighted by Gasteiger charge is -2.42. The van der Waals surface area contributed by atoms with Crippen molar-refractivity contribution >= 4 is 11.8 Å². The van der Waals surface area contributed by atoms with Gasteiger partial charge in [0.15, 0.2) is 0 Å². The number of carbonyl (C=O) groups is 2. The number of carbonyl (C=O) groups excluding carboxylic acids is 2. The summed E-state index contributed by atoms with van der Waals surface area (Å²) in [7, 11) is 0. The zero-order valence-corrected chi connectivity index (χ0v) is 10.7. The van der Waals surface area contributed by atoms with Crippen molar-refractivity contribution in [3.8, 4) is 0 Å². The Morgan fingerprint density at radius 3 is 2.82 bits per heavy atom. The molecule has 17 heavy (non-hydrogen) atoms. The van der Waals surface area contributed by atoms with Crippen molar-refractivity contribution in [3.63, 3.8) is 0 Å². The van der Waals surface area contributed by atoms with Gasteiger partial charge in [-0.05, 0) is 25.7 Å². The third kappa shape index (κ3) is 2.61. The summed E-state index contributed by atoms with van der Waals surface area (Å²) in [5, 5.41) is 0. The van der Waals surface area contributed by atoms with Crippen LogP contribution in [0.3, 0.4) is 0 Å². The van der Waals surface area contributed by atoms with Gasteiger partial charge in [0, 0.05) is 13.1 Å². The molecule has 0 aromatic rings. The minimum atomic E-state index is -0.147.